The minimum absolute atomic E-state index is 0.162. The van der Waals surface area contributed by atoms with Crippen LogP contribution >= 0.6 is 11.8 Å². The Labute approximate surface area is 126 Å². The van der Waals surface area contributed by atoms with Gasteiger partial charge in [0.15, 0.2) is 5.16 Å². The normalized spacial score (nSPS) is 14.3. The van der Waals surface area contributed by atoms with Crippen LogP contribution in [0.4, 0.5) is 5.69 Å². The van der Waals surface area contributed by atoms with E-state index in [-0.39, 0.29) is 10.6 Å². The van der Waals surface area contributed by atoms with Gasteiger partial charge in [0.25, 0.3) is 5.69 Å². The Morgan fingerprint density at radius 2 is 2.14 bits per heavy atom. The predicted molar refractivity (Wildman–Crippen MR) is 80.3 cm³/mol. The monoisotopic (exact) mass is 304 g/mol. The number of para-hydroxylation sites is 1. The van der Waals surface area contributed by atoms with Crippen LogP contribution in [0.2, 0.25) is 0 Å². The second-order valence-corrected chi connectivity index (χ2v) is 5.98. The van der Waals surface area contributed by atoms with Crippen molar-refractivity contribution in [2.24, 2.45) is 0 Å². The topological polar surface area (TPSA) is 73.8 Å². The minimum atomic E-state index is -0.337. The first-order chi connectivity index (χ1) is 10.2. The Morgan fingerprint density at radius 1 is 1.38 bits per heavy atom. The smallest absolute Gasteiger partial charge is 0.273 e. The molecule has 0 spiro atoms. The van der Waals surface area contributed by atoms with Crippen LogP contribution < -0.4 is 0 Å². The number of nitrogens with zero attached hydrogens (tertiary/aromatic N) is 4. The molecule has 0 aliphatic heterocycles. The molecule has 6 nitrogen and oxygen atoms in total. The summed E-state index contributed by atoms with van der Waals surface area (Å²) in [7, 11) is 0. The fourth-order valence-electron chi connectivity index (χ4n) is 2.30. The summed E-state index contributed by atoms with van der Waals surface area (Å²) in [4.78, 5) is 10.7. The van der Waals surface area contributed by atoms with E-state index in [1.807, 2.05) is 6.07 Å². The molecule has 1 aliphatic rings. The van der Waals surface area contributed by atoms with Crippen molar-refractivity contribution in [2.45, 2.75) is 43.1 Å². The maximum Gasteiger partial charge on any atom is 0.273 e. The number of hydrogen-bond donors (Lipinski definition) is 0. The van der Waals surface area contributed by atoms with Crippen LogP contribution in [0.1, 0.15) is 37.1 Å². The Hall–Kier alpha value is -1.89. The Kier molecular flexibility index (Phi) is 3.92. The summed E-state index contributed by atoms with van der Waals surface area (Å²) in [6.07, 6.45) is 2.37. The van der Waals surface area contributed by atoms with Gasteiger partial charge in [-0.3, -0.25) is 10.1 Å². The second-order valence-electron chi connectivity index (χ2n) is 5.03. The van der Waals surface area contributed by atoms with Crippen molar-refractivity contribution in [3.63, 3.8) is 0 Å². The fraction of sp³-hybridized carbons (Fsp3) is 0.429. The standard InChI is InChI=1S/C14H16N4O2S/c1-2-17-13(10-7-8-10)15-16-14(17)21-9-11-5-3-4-6-12(11)18(19)20/h3-6,10H,2,7-9H2,1H3. The van der Waals surface area contributed by atoms with E-state index in [2.05, 4.69) is 21.7 Å². The predicted octanol–water partition coefficient (Wildman–Crippen LogP) is 3.38. The highest BCUT2D eigenvalue weighted by Crippen LogP contribution is 2.40. The molecule has 0 radical (unpaired) electrons. The third-order valence-electron chi connectivity index (χ3n) is 3.55. The molecule has 1 fully saturated rings. The van der Waals surface area contributed by atoms with Gasteiger partial charge in [0, 0.05) is 29.8 Å². The van der Waals surface area contributed by atoms with Gasteiger partial charge in [0.2, 0.25) is 0 Å². The molecule has 7 heteroatoms. The average Bonchev–Trinajstić information content (AvgIpc) is 3.25. The second kappa shape index (κ2) is 5.85. The van der Waals surface area contributed by atoms with Crippen LogP contribution in [0.15, 0.2) is 29.4 Å². The summed E-state index contributed by atoms with van der Waals surface area (Å²) in [6.45, 7) is 2.91. The fourth-order valence-corrected chi connectivity index (χ4v) is 3.31. The highest BCUT2D eigenvalue weighted by atomic mass is 32.2. The molecule has 3 rings (SSSR count). The van der Waals surface area contributed by atoms with Crippen molar-refractivity contribution in [1.29, 1.82) is 0 Å². The van der Waals surface area contributed by atoms with Crippen molar-refractivity contribution >= 4 is 17.4 Å². The van der Waals surface area contributed by atoms with E-state index in [1.165, 1.54) is 30.7 Å². The Balaban J connectivity index is 1.78. The summed E-state index contributed by atoms with van der Waals surface area (Å²) < 4.78 is 2.12. The lowest BCUT2D eigenvalue weighted by atomic mass is 10.2. The molecule has 0 bridgehead atoms. The highest BCUT2D eigenvalue weighted by molar-refractivity contribution is 7.98. The van der Waals surface area contributed by atoms with E-state index in [1.54, 1.807) is 12.1 Å². The number of rotatable bonds is 6. The minimum Gasteiger partial charge on any atom is -0.306 e. The van der Waals surface area contributed by atoms with Crippen molar-refractivity contribution in [1.82, 2.24) is 14.8 Å². The molecule has 2 aromatic rings. The number of nitro benzene ring substituents is 1. The molecule has 0 N–H and O–H groups in total. The molecule has 0 saturated heterocycles. The van der Waals surface area contributed by atoms with E-state index in [0.29, 0.717) is 17.2 Å². The molecule has 0 amide bonds. The van der Waals surface area contributed by atoms with Gasteiger partial charge >= 0.3 is 0 Å². The zero-order chi connectivity index (χ0) is 14.8. The molecular weight excluding hydrogens is 288 g/mol. The third kappa shape index (κ3) is 2.92. The molecule has 0 unspecified atom stereocenters. The van der Waals surface area contributed by atoms with Crippen LogP contribution in [0.3, 0.4) is 0 Å². The van der Waals surface area contributed by atoms with Crippen molar-refractivity contribution in [3.05, 3.63) is 45.8 Å². The van der Waals surface area contributed by atoms with Crippen LogP contribution in [-0.2, 0) is 12.3 Å². The summed E-state index contributed by atoms with van der Waals surface area (Å²) in [5.41, 5.74) is 0.876. The summed E-state index contributed by atoms with van der Waals surface area (Å²) in [6, 6.07) is 6.84. The third-order valence-corrected chi connectivity index (χ3v) is 4.56. The van der Waals surface area contributed by atoms with Gasteiger partial charge in [-0.05, 0) is 19.8 Å². The molecule has 21 heavy (non-hydrogen) atoms. The lowest BCUT2D eigenvalue weighted by Crippen LogP contribution is -2.02. The van der Waals surface area contributed by atoms with E-state index in [0.717, 1.165) is 17.5 Å². The van der Waals surface area contributed by atoms with E-state index in [9.17, 15) is 10.1 Å². The van der Waals surface area contributed by atoms with Crippen LogP contribution in [-0.4, -0.2) is 19.7 Å². The zero-order valence-electron chi connectivity index (χ0n) is 11.7. The van der Waals surface area contributed by atoms with Crippen molar-refractivity contribution < 1.29 is 4.92 Å². The van der Waals surface area contributed by atoms with Gasteiger partial charge in [-0.15, -0.1) is 10.2 Å². The van der Waals surface area contributed by atoms with Crippen LogP contribution in [0.25, 0.3) is 0 Å². The maximum absolute atomic E-state index is 11.0. The van der Waals surface area contributed by atoms with Gasteiger partial charge in [-0.2, -0.15) is 0 Å². The van der Waals surface area contributed by atoms with Gasteiger partial charge in [0.1, 0.15) is 5.82 Å². The van der Waals surface area contributed by atoms with Gasteiger partial charge in [0.05, 0.1) is 4.92 Å². The number of thioether (sulfide) groups is 1. The van der Waals surface area contributed by atoms with Gasteiger partial charge < -0.3 is 4.57 Å². The lowest BCUT2D eigenvalue weighted by molar-refractivity contribution is -0.385. The average molecular weight is 304 g/mol. The van der Waals surface area contributed by atoms with Crippen molar-refractivity contribution in [2.75, 3.05) is 0 Å². The summed E-state index contributed by atoms with van der Waals surface area (Å²) in [5, 5.41) is 20.4. The summed E-state index contributed by atoms with van der Waals surface area (Å²) in [5.74, 6) is 2.14. The molecule has 1 saturated carbocycles. The molecule has 0 atom stereocenters. The summed E-state index contributed by atoms with van der Waals surface area (Å²) >= 11 is 1.51. The molecule has 1 aromatic heterocycles. The highest BCUT2D eigenvalue weighted by Gasteiger charge is 2.30. The lowest BCUT2D eigenvalue weighted by Gasteiger charge is -2.06. The number of aromatic nitrogens is 3. The molecular formula is C14H16N4O2S. The Bertz CT molecular complexity index is 667. The quantitative estimate of drug-likeness (QED) is 0.464. The molecule has 1 aliphatic carbocycles. The van der Waals surface area contributed by atoms with Crippen LogP contribution in [0, 0.1) is 10.1 Å². The number of benzene rings is 1. The zero-order valence-corrected chi connectivity index (χ0v) is 12.5. The van der Waals surface area contributed by atoms with Gasteiger partial charge in [-0.1, -0.05) is 30.0 Å². The van der Waals surface area contributed by atoms with Crippen molar-refractivity contribution in [3.8, 4) is 0 Å². The first kappa shape index (κ1) is 14.1. The Morgan fingerprint density at radius 3 is 2.81 bits per heavy atom. The van der Waals surface area contributed by atoms with Crippen LogP contribution in [0.5, 0.6) is 0 Å². The SMILES string of the molecule is CCn1c(SCc2ccccc2[N+](=O)[O-])nnc1C1CC1. The molecule has 1 heterocycles. The van der Waals surface area contributed by atoms with E-state index in [4.69, 9.17) is 0 Å². The molecule has 1 aromatic carbocycles. The first-order valence-electron chi connectivity index (χ1n) is 6.99. The molecule has 110 valence electrons. The van der Waals surface area contributed by atoms with E-state index >= 15 is 0 Å². The van der Waals surface area contributed by atoms with E-state index < -0.39 is 0 Å². The number of hydrogen-bond acceptors (Lipinski definition) is 5. The maximum atomic E-state index is 11.0. The largest absolute Gasteiger partial charge is 0.306 e. The van der Waals surface area contributed by atoms with Gasteiger partial charge in [-0.25, -0.2) is 0 Å². The number of nitro groups is 1. The first-order valence-corrected chi connectivity index (χ1v) is 7.97.